The normalized spacial score (nSPS) is 12.2. The number of nitrogens with one attached hydrogen (secondary N) is 2. The van der Waals surface area contributed by atoms with Gasteiger partial charge in [0.05, 0.1) is 6.04 Å². The van der Waals surface area contributed by atoms with Crippen LogP contribution in [0.2, 0.25) is 0 Å². The van der Waals surface area contributed by atoms with Crippen LogP contribution in [0, 0.1) is 17.5 Å². The number of alkyl halides is 4. The molecule has 3 aromatic carbocycles. The maximum absolute atomic E-state index is 14.4. The molecule has 0 radical (unpaired) electrons. The van der Waals surface area contributed by atoms with Crippen molar-refractivity contribution in [3.63, 3.8) is 0 Å². The topological polar surface area (TPSA) is 67.4 Å². The Hall–Kier alpha value is -4.09. The molecule has 5 nitrogen and oxygen atoms in total. The Morgan fingerprint density at radius 3 is 2.19 bits per heavy atom. The lowest BCUT2D eigenvalue weighted by molar-refractivity contribution is -0.253. The molecule has 0 saturated carbocycles. The zero-order valence-corrected chi connectivity index (χ0v) is 19.0. The molecule has 2 amide bonds. The quantitative estimate of drug-likeness (QED) is 0.361. The van der Waals surface area contributed by atoms with Crippen LogP contribution in [0.25, 0.3) is 0 Å². The van der Waals surface area contributed by atoms with Crippen molar-refractivity contribution in [2.24, 2.45) is 0 Å². The van der Waals surface area contributed by atoms with E-state index in [9.17, 15) is 40.3 Å². The van der Waals surface area contributed by atoms with Crippen LogP contribution < -0.4 is 15.4 Å². The molecule has 3 rings (SSSR count). The molecule has 0 saturated heterocycles. The summed E-state index contributed by atoms with van der Waals surface area (Å²) in [6, 6.07) is 8.52. The van der Waals surface area contributed by atoms with E-state index in [4.69, 9.17) is 0 Å². The van der Waals surface area contributed by atoms with Crippen LogP contribution in [0.5, 0.6) is 5.75 Å². The summed E-state index contributed by atoms with van der Waals surface area (Å²) < 4.78 is 98.1. The van der Waals surface area contributed by atoms with Crippen molar-refractivity contribution < 1.29 is 45.1 Å². The average molecular weight is 528 g/mol. The SMILES string of the molecule is CC(=O)NCc1cc(C(NC(=O)c2ccc(F)cc2)c2cc(F)cc(OC(F)(F)C(F)F)c2)ccc1F. The molecule has 1 atom stereocenters. The summed E-state index contributed by atoms with van der Waals surface area (Å²) in [4.78, 5) is 24.1. The van der Waals surface area contributed by atoms with Gasteiger partial charge in [0.2, 0.25) is 5.91 Å². The van der Waals surface area contributed by atoms with Gasteiger partial charge >= 0.3 is 12.5 Å². The van der Waals surface area contributed by atoms with Crippen LogP contribution in [-0.2, 0) is 11.3 Å². The number of halogens is 7. The van der Waals surface area contributed by atoms with E-state index in [0.29, 0.717) is 6.07 Å². The molecule has 2 N–H and O–H groups in total. The maximum atomic E-state index is 14.4. The molecule has 0 heterocycles. The Balaban J connectivity index is 2.07. The minimum atomic E-state index is -4.93. The highest BCUT2D eigenvalue weighted by Crippen LogP contribution is 2.32. The van der Waals surface area contributed by atoms with Crippen molar-refractivity contribution in [1.82, 2.24) is 10.6 Å². The van der Waals surface area contributed by atoms with Crippen molar-refractivity contribution in [3.05, 3.63) is 100 Å². The van der Waals surface area contributed by atoms with Crippen molar-refractivity contribution in [1.29, 1.82) is 0 Å². The van der Waals surface area contributed by atoms with Gasteiger partial charge in [0.25, 0.3) is 5.91 Å². The van der Waals surface area contributed by atoms with E-state index in [1.165, 1.54) is 19.1 Å². The molecule has 0 aliphatic rings. The van der Waals surface area contributed by atoms with E-state index in [1.54, 1.807) is 0 Å². The molecule has 3 aromatic rings. The molecule has 0 bridgehead atoms. The summed E-state index contributed by atoms with van der Waals surface area (Å²) in [5.74, 6) is -4.72. The van der Waals surface area contributed by atoms with E-state index in [-0.39, 0.29) is 28.8 Å². The van der Waals surface area contributed by atoms with Gasteiger partial charge in [0, 0.05) is 30.7 Å². The van der Waals surface area contributed by atoms with Gasteiger partial charge in [-0.2, -0.15) is 17.6 Å². The molecule has 37 heavy (non-hydrogen) atoms. The second-order valence-corrected chi connectivity index (χ2v) is 7.86. The van der Waals surface area contributed by atoms with Crippen molar-refractivity contribution in [2.45, 2.75) is 32.0 Å². The molecule has 0 fully saturated rings. The second kappa shape index (κ2) is 11.3. The summed E-state index contributed by atoms with van der Waals surface area (Å²) in [6.07, 6.45) is -9.14. The largest absolute Gasteiger partial charge is 0.461 e. The third-order valence-corrected chi connectivity index (χ3v) is 5.05. The predicted molar refractivity (Wildman–Crippen MR) is 118 cm³/mol. The number of hydrogen-bond donors (Lipinski definition) is 2. The summed E-state index contributed by atoms with van der Waals surface area (Å²) in [6.45, 7) is 0.961. The Morgan fingerprint density at radius 2 is 1.57 bits per heavy atom. The van der Waals surface area contributed by atoms with Crippen LogP contribution in [-0.4, -0.2) is 24.3 Å². The van der Waals surface area contributed by atoms with Crippen LogP contribution in [0.15, 0.2) is 60.7 Å². The van der Waals surface area contributed by atoms with Crippen molar-refractivity contribution >= 4 is 11.8 Å². The maximum Gasteiger partial charge on any atom is 0.461 e. The molecular weight excluding hydrogens is 509 g/mol. The molecular formula is C25H19F7N2O3. The third kappa shape index (κ3) is 7.21. The lowest BCUT2D eigenvalue weighted by atomic mass is 9.96. The fourth-order valence-electron chi connectivity index (χ4n) is 3.32. The zero-order chi connectivity index (χ0) is 27.3. The molecule has 1 unspecified atom stereocenters. The molecule has 0 aromatic heterocycles. The monoisotopic (exact) mass is 528 g/mol. The summed E-state index contributed by atoms with van der Waals surface area (Å²) in [5.41, 5.74) is -0.142. The Morgan fingerprint density at radius 1 is 0.892 bits per heavy atom. The van der Waals surface area contributed by atoms with E-state index in [0.717, 1.165) is 42.5 Å². The molecule has 196 valence electrons. The Kier molecular flexibility index (Phi) is 8.41. The number of carbonyl (C=O) groups is 2. The average Bonchev–Trinajstić information content (AvgIpc) is 2.81. The van der Waals surface area contributed by atoms with Gasteiger partial charge in [0.1, 0.15) is 23.2 Å². The number of rotatable bonds is 9. The van der Waals surface area contributed by atoms with Gasteiger partial charge in [-0.05, 0) is 59.7 Å². The lowest BCUT2D eigenvalue weighted by Crippen LogP contribution is -2.33. The first-order chi connectivity index (χ1) is 17.4. The first kappa shape index (κ1) is 27.5. The van der Waals surface area contributed by atoms with E-state index in [1.807, 2.05) is 0 Å². The van der Waals surface area contributed by atoms with Crippen LogP contribution in [0.3, 0.4) is 0 Å². The van der Waals surface area contributed by atoms with Gasteiger partial charge < -0.3 is 15.4 Å². The number of benzene rings is 3. The fraction of sp³-hybridized carbons (Fsp3) is 0.200. The smallest absolute Gasteiger partial charge is 0.428 e. The van der Waals surface area contributed by atoms with Crippen molar-refractivity contribution in [3.8, 4) is 5.75 Å². The van der Waals surface area contributed by atoms with Gasteiger partial charge in [-0.3, -0.25) is 9.59 Å². The van der Waals surface area contributed by atoms with E-state index in [2.05, 4.69) is 15.4 Å². The molecule has 0 aliphatic carbocycles. The first-order valence-corrected chi connectivity index (χ1v) is 10.6. The molecule has 0 aliphatic heterocycles. The summed E-state index contributed by atoms with van der Waals surface area (Å²) >= 11 is 0. The van der Waals surface area contributed by atoms with E-state index < -0.39 is 53.6 Å². The number of hydrogen-bond acceptors (Lipinski definition) is 3. The second-order valence-electron chi connectivity index (χ2n) is 7.86. The van der Waals surface area contributed by atoms with Gasteiger partial charge in [-0.1, -0.05) is 6.07 Å². The third-order valence-electron chi connectivity index (χ3n) is 5.05. The molecule has 0 spiro atoms. The van der Waals surface area contributed by atoms with Crippen LogP contribution >= 0.6 is 0 Å². The Bertz CT molecular complexity index is 1280. The number of ether oxygens (including phenoxy) is 1. The lowest BCUT2D eigenvalue weighted by Gasteiger charge is -2.23. The standard InChI is InChI=1S/C25H19F7N2O3/c1-13(35)33-12-17-8-15(4-7-21(17)28)22(34-23(36)14-2-5-18(26)6-3-14)16-9-19(27)11-20(10-16)37-25(31,32)24(29)30/h2-11,22,24H,12H2,1H3,(H,33,35)(H,34,36). The van der Waals surface area contributed by atoms with Gasteiger partial charge in [-0.25, -0.2) is 13.2 Å². The molecule has 12 heteroatoms. The zero-order valence-electron chi connectivity index (χ0n) is 19.0. The Labute approximate surface area is 206 Å². The first-order valence-electron chi connectivity index (χ1n) is 10.6. The van der Waals surface area contributed by atoms with Crippen molar-refractivity contribution in [2.75, 3.05) is 0 Å². The van der Waals surface area contributed by atoms with Crippen LogP contribution in [0.4, 0.5) is 30.7 Å². The highest BCUT2D eigenvalue weighted by atomic mass is 19.3. The highest BCUT2D eigenvalue weighted by molar-refractivity contribution is 5.94. The van der Waals surface area contributed by atoms with E-state index >= 15 is 0 Å². The summed E-state index contributed by atoms with van der Waals surface area (Å²) in [5, 5.41) is 4.91. The van der Waals surface area contributed by atoms with Crippen LogP contribution in [0.1, 0.15) is 40.0 Å². The summed E-state index contributed by atoms with van der Waals surface area (Å²) in [7, 11) is 0. The number of carbonyl (C=O) groups excluding carboxylic acids is 2. The fourth-order valence-corrected chi connectivity index (χ4v) is 3.32. The van der Waals surface area contributed by atoms with Gasteiger partial charge in [0.15, 0.2) is 0 Å². The number of amides is 2. The van der Waals surface area contributed by atoms with Gasteiger partial charge in [-0.15, -0.1) is 0 Å². The minimum absolute atomic E-state index is 0.0224. The minimum Gasteiger partial charge on any atom is -0.428 e. The highest BCUT2D eigenvalue weighted by Gasteiger charge is 2.44. The predicted octanol–water partition coefficient (Wildman–Crippen LogP) is 5.50.